The van der Waals surface area contributed by atoms with E-state index in [0.717, 1.165) is 31.4 Å². The van der Waals surface area contributed by atoms with Crippen molar-refractivity contribution in [1.82, 2.24) is 0 Å². The lowest BCUT2D eigenvalue weighted by Gasteiger charge is -2.53. The van der Waals surface area contributed by atoms with Crippen molar-refractivity contribution in [3.63, 3.8) is 0 Å². The molecule has 0 heterocycles. The fraction of sp³-hybridized carbons (Fsp3) is 0.682. The zero-order valence-electron chi connectivity index (χ0n) is 15.9. The molecule has 0 radical (unpaired) electrons. The standard InChI is InChI=1S/C22H30O3/c1-13-11-16(25-4)12-15-5-6-17-18(20(13)15)7-9-21(3)19(17)8-10-22(21,24)14(2)23/h11-12,17-19,24H,5-10H2,1-4H3/t17-,18+,19+,21+,22+/m1/s1. The molecule has 3 nitrogen and oxygen atoms in total. The van der Waals surface area contributed by atoms with E-state index in [1.807, 2.05) is 0 Å². The predicted octanol–water partition coefficient (Wildman–Crippen LogP) is 4.18. The van der Waals surface area contributed by atoms with E-state index in [4.69, 9.17) is 4.74 Å². The Balaban J connectivity index is 1.73. The molecule has 0 unspecified atom stereocenters. The Labute approximate surface area is 150 Å². The molecule has 5 atom stereocenters. The van der Waals surface area contributed by atoms with Crippen LogP contribution in [0.5, 0.6) is 5.75 Å². The summed E-state index contributed by atoms with van der Waals surface area (Å²) in [6.07, 6.45) is 5.89. The van der Waals surface area contributed by atoms with E-state index in [-0.39, 0.29) is 11.2 Å². The number of fused-ring (bicyclic) bond motifs is 5. The third-order valence-electron chi connectivity index (χ3n) is 7.97. The number of benzene rings is 1. The molecule has 1 aromatic carbocycles. The predicted molar refractivity (Wildman–Crippen MR) is 98.0 cm³/mol. The van der Waals surface area contributed by atoms with Gasteiger partial charge >= 0.3 is 0 Å². The van der Waals surface area contributed by atoms with Gasteiger partial charge in [-0.2, -0.15) is 0 Å². The number of Topliss-reactive ketones (excluding diaryl/α,β-unsaturated/α-hetero) is 1. The normalized spacial score (nSPS) is 39.3. The van der Waals surface area contributed by atoms with E-state index in [1.165, 1.54) is 23.1 Å². The van der Waals surface area contributed by atoms with Crippen LogP contribution in [0.15, 0.2) is 12.1 Å². The molecular formula is C22H30O3. The van der Waals surface area contributed by atoms with E-state index in [2.05, 4.69) is 26.0 Å². The molecule has 3 aliphatic rings. The lowest BCUT2D eigenvalue weighted by molar-refractivity contribution is -0.154. The first kappa shape index (κ1) is 17.1. The molecule has 3 aliphatic carbocycles. The van der Waals surface area contributed by atoms with Gasteiger partial charge in [0.05, 0.1) is 7.11 Å². The maximum Gasteiger partial charge on any atom is 0.161 e. The van der Waals surface area contributed by atoms with Crippen LogP contribution in [0.3, 0.4) is 0 Å². The molecule has 0 aliphatic heterocycles. The van der Waals surface area contributed by atoms with Gasteiger partial charge in [0.15, 0.2) is 5.78 Å². The second-order valence-electron chi connectivity index (χ2n) is 8.84. The van der Waals surface area contributed by atoms with Gasteiger partial charge in [-0.1, -0.05) is 6.92 Å². The summed E-state index contributed by atoms with van der Waals surface area (Å²) < 4.78 is 5.47. The number of carbonyl (C=O) groups excluding carboxylic acids is 1. The van der Waals surface area contributed by atoms with Crippen LogP contribution in [0.2, 0.25) is 0 Å². The fourth-order valence-corrected chi connectivity index (χ4v) is 6.66. The summed E-state index contributed by atoms with van der Waals surface area (Å²) in [5.41, 5.74) is 2.95. The topological polar surface area (TPSA) is 46.5 Å². The Hall–Kier alpha value is -1.35. The van der Waals surface area contributed by atoms with Crippen molar-refractivity contribution in [1.29, 1.82) is 0 Å². The van der Waals surface area contributed by atoms with Crippen molar-refractivity contribution in [2.45, 2.75) is 70.8 Å². The number of hydrogen-bond acceptors (Lipinski definition) is 3. The number of carbonyl (C=O) groups is 1. The first-order chi connectivity index (χ1) is 11.8. The van der Waals surface area contributed by atoms with Crippen LogP contribution in [0, 0.1) is 24.2 Å². The van der Waals surface area contributed by atoms with Gasteiger partial charge in [0.1, 0.15) is 11.4 Å². The van der Waals surface area contributed by atoms with Crippen molar-refractivity contribution in [3.8, 4) is 5.75 Å². The van der Waals surface area contributed by atoms with E-state index < -0.39 is 5.60 Å². The van der Waals surface area contributed by atoms with E-state index >= 15 is 0 Å². The maximum absolute atomic E-state index is 12.2. The molecule has 3 heteroatoms. The third-order valence-corrected chi connectivity index (χ3v) is 7.97. The van der Waals surface area contributed by atoms with Gasteiger partial charge in [0.2, 0.25) is 0 Å². The monoisotopic (exact) mass is 342 g/mol. The van der Waals surface area contributed by atoms with Crippen LogP contribution in [0.1, 0.15) is 68.6 Å². The van der Waals surface area contributed by atoms with E-state index in [9.17, 15) is 9.90 Å². The molecule has 25 heavy (non-hydrogen) atoms. The minimum Gasteiger partial charge on any atom is -0.497 e. The van der Waals surface area contributed by atoms with Crippen molar-refractivity contribution >= 4 is 5.78 Å². The summed E-state index contributed by atoms with van der Waals surface area (Å²) in [7, 11) is 1.74. The van der Waals surface area contributed by atoms with Gasteiger partial charge < -0.3 is 9.84 Å². The molecule has 0 aromatic heterocycles. The van der Waals surface area contributed by atoms with Gasteiger partial charge in [-0.15, -0.1) is 0 Å². The van der Waals surface area contributed by atoms with Crippen LogP contribution in [-0.2, 0) is 11.2 Å². The van der Waals surface area contributed by atoms with Crippen LogP contribution in [-0.4, -0.2) is 23.6 Å². The lowest BCUT2D eigenvalue weighted by Crippen LogP contribution is -2.54. The average molecular weight is 342 g/mol. The van der Waals surface area contributed by atoms with Crippen molar-refractivity contribution in [2.75, 3.05) is 7.11 Å². The van der Waals surface area contributed by atoms with E-state index in [1.54, 1.807) is 14.0 Å². The van der Waals surface area contributed by atoms with Gasteiger partial charge in [-0.05, 0) is 98.9 Å². The molecule has 1 aromatic rings. The summed E-state index contributed by atoms with van der Waals surface area (Å²) in [5, 5.41) is 11.2. The molecule has 136 valence electrons. The average Bonchev–Trinajstić information content (AvgIpc) is 2.87. The first-order valence-electron chi connectivity index (χ1n) is 9.72. The molecule has 0 amide bonds. The van der Waals surface area contributed by atoms with Crippen molar-refractivity contribution in [2.24, 2.45) is 17.3 Å². The molecule has 4 rings (SSSR count). The third kappa shape index (κ3) is 2.17. The SMILES string of the molecule is COc1cc(C)c2c(c1)CC[C@@H]1[C@@H]2CC[C@@]2(C)[C@H]1CC[C@]2(O)C(C)=O. The van der Waals surface area contributed by atoms with Crippen LogP contribution < -0.4 is 4.74 Å². The number of methoxy groups -OCH3 is 1. The molecule has 0 spiro atoms. The van der Waals surface area contributed by atoms with Crippen molar-refractivity contribution in [3.05, 3.63) is 28.8 Å². The van der Waals surface area contributed by atoms with Crippen molar-refractivity contribution < 1.29 is 14.6 Å². The van der Waals surface area contributed by atoms with Crippen LogP contribution in [0.25, 0.3) is 0 Å². The Kier molecular flexibility index (Phi) is 3.81. The number of aryl methyl sites for hydroxylation is 2. The lowest BCUT2D eigenvalue weighted by atomic mass is 9.52. The Morgan fingerprint density at radius 1 is 1.24 bits per heavy atom. The van der Waals surface area contributed by atoms with Gasteiger partial charge in [0, 0.05) is 5.41 Å². The number of hydrogen-bond donors (Lipinski definition) is 1. The van der Waals surface area contributed by atoms with Crippen LogP contribution in [0.4, 0.5) is 0 Å². The number of rotatable bonds is 2. The second-order valence-corrected chi connectivity index (χ2v) is 8.84. The summed E-state index contributed by atoms with van der Waals surface area (Å²) in [6, 6.07) is 4.38. The second kappa shape index (κ2) is 5.57. The highest BCUT2D eigenvalue weighted by Crippen LogP contribution is 2.64. The molecule has 1 N–H and O–H groups in total. The molecule has 0 saturated heterocycles. The highest BCUT2D eigenvalue weighted by atomic mass is 16.5. The number of ether oxygens (including phenoxy) is 1. The summed E-state index contributed by atoms with van der Waals surface area (Å²) in [5.74, 6) is 2.54. The van der Waals surface area contributed by atoms with Gasteiger partial charge in [0.25, 0.3) is 0 Å². The molecular weight excluding hydrogens is 312 g/mol. The smallest absolute Gasteiger partial charge is 0.161 e. The van der Waals surface area contributed by atoms with Gasteiger partial charge in [-0.3, -0.25) is 4.79 Å². The summed E-state index contributed by atoms with van der Waals surface area (Å²) in [6.45, 7) is 5.96. The summed E-state index contributed by atoms with van der Waals surface area (Å²) in [4.78, 5) is 12.2. The number of ketones is 1. The fourth-order valence-electron chi connectivity index (χ4n) is 6.66. The Bertz CT molecular complexity index is 724. The van der Waals surface area contributed by atoms with E-state index in [0.29, 0.717) is 24.2 Å². The minimum absolute atomic E-state index is 0.0342. The quantitative estimate of drug-likeness (QED) is 0.877. The highest BCUT2D eigenvalue weighted by Gasteiger charge is 2.63. The Morgan fingerprint density at radius 3 is 2.68 bits per heavy atom. The number of aliphatic hydroxyl groups is 1. The zero-order chi connectivity index (χ0) is 18.0. The zero-order valence-corrected chi connectivity index (χ0v) is 15.9. The van der Waals surface area contributed by atoms with Gasteiger partial charge in [-0.25, -0.2) is 0 Å². The molecule has 2 fully saturated rings. The minimum atomic E-state index is -1.11. The summed E-state index contributed by atoms with van der Waals surface area (Å²) >= 11 is 0. The highest BCUT2D eigenvalue weighted by molar-refractivity contribution is 5.86. The Morgan fingerprint density at radius 2 is 2.00 bits per heavy atom. The molecule has 2 saturated carbocycles. The first-order valence-corrected chi connectivity index (χ1v) is 9.72. The van der Waals surface area contributed by atoms with Crippen LogP contribution >= 0.6 is 0 Å². The largest absolute Gasteiger partial charge is 0.497 e. The molecule has 0 bridgehead atoms. The maximum atomic E-state index is 12.2.